The Labute approximate surface area is 106 Å². The standard InChI is InChI=1S/C13H15FN2O2/c1-3-4-16-13(17)9-18-12-6-10(8-15-2)5-11(14)7-12/h1,5-7,15H,4,8-9H2,2H3,(H,16,17). The first-order valence-electron chi connectivity index (χ1n) is 5.42. The van der Waals surface area contributed by atoms with E-state index < -0.39 is 5.82 Å². The van der Waals surface area contributed by atoms with E-state index in [0.29, 0.717) is 12.3 Å². The monoisotopic (exact) mass is 250 g/mol. The second kappa shape index (κ2) is 7.30. The molecule has 2 N–H and O–H groups in total. The van der Waals surface area contributed by atoms with E-state index in [-0.39, 0.29) is 19.1 Å². The van der Waals surface area contributed by atoms with Gasteiger partial charge in [-0.2, -0.15) is 0 Å². The van der Waals surface area contributed by atoms with Crippen LogP contribution in [0.15, 0.2) is 18.2 Å². The van der Waals surface area contributed by atoms with Crippen molar-refractivity contribution < 1.29 is 13.9 Å². The van der Waals surface area contributed by atoms with Gasteiger partial charge in [-0.05, 0) is 24.7 Å². The molecule has 0 unspecified atom stereocenters. The summed E-state index contributed by atoms with van der Waals surface area (Å²) in [7, 11) is 1.76. The van der Waals surface area contributed by atoms with Crippen molar-refractivity contribution in [3.63, 3.8) is 0 Å². The van der Waals surface area contributed by atoms with Crippen LogP contribution in [0.5, 0.6) is 5.75 Å². The predicted molar refractivity (Wildman–Crippen MR) is 66.5 cm³/mol. The van der Waals surface area contributed by atoms with Crippen molar-refractivity contribution in [2.45, 2.75) is 6.54 Å². The summed E-state index contributed by atoms with van der Waals surface area (Å²) >= 11 is 0. The molecule has 5 heteroatoms. The third-order valence-electron chi connectivity index (χ3n) is 2.07. The van der Waals surface area contributed by atoms with E-state index in [4.69, 9.17) is 11.2 Å². The summed E-state index contributed by atoms with van der Waals surface area (Å²) in [6.07, 6.45) is 5.00. The van der Waals surface area contributed by atoms with Gasteiger partial charge < -0.3 is 15.4 Å². The second-order valence-electron chi connectivity index (χ2n) is 3.60. The second-order valence-corrected chi connectivity index (χ2v) is 3.60. The minimum atomic E-state index is -0.401. The van der Waals surface area contributed by atoms with Crippen molar-refractivity contribution in [3.05, 3.63) is 29.6 Å². The van der Waals surface area contributed by atoms with Crippen LogP contribution in [0.2, 0.25) is 0 Å². The first kappa shape index (κ1) is 14.0. The lowest BCUT2D eigenvalue weighted by Crippen LogP contribution is -2.29. The molecule has 1 aromatic carbocycles. The zero-order valence-corrected chi connectivity index (χ0v) is 10.1. The van der Waals surface area contributed by atoms with Crippen LogP contribution in [0, 0.1) is 18.2 Å². The molecule has 0 bridgehead atoms. The lowest BCUT2D eigenvalue weighted by atomic mass is 10.2. The summed E-state index contributed by atoms with van der Waals surface area (Å²) in [5.41, 5.74) is 0.747. The number of terminal acetylenes is 1. The minimum absolute atomic E-state index is 0.149. The van der Waals surface area contributed by atoms with Gasteiger partial charge >= 0.3 is 0 Å². The van der Waals surface area contributed by atoms with Crippen molar-refractivity contribution >= 4 is 5.91 Å². The number of ether oxygens (including phenoxy) is 1. The number of halogens is 1. The van der Waals surface area contributed by atoms with Crippen LogP contribution in [-0.4, -0.2) is 26.1 Å². The molecule has 1 aromatic rings. The first-order chi connectivity index (χ1) is 8.65. The van der Waals surface area contributed by atoms with E-state index in [2.05, 4.69) is 16.6 Å². The van der Waals surface area contributed by atoms with E-state index in [1.807, 2.05) is 0 Å². The third-order valence-corrected chi connectivity index (χ3v) is 2.07. The number of carbonyl (C=O) groups excluding carboxylic acids is 1. The highest BCUT2D eigenvalue weighted by molar-refractivity contribution is 5.77. The Morgan fingerprint density at radius 1 is 1.50 bits per heavy atom. The van der Waals surface area contributed by atoms with Crippen LogP contribution >= 0.6 is 0 Å². The molecule has 0 aromatic heterocycles. The molecule has 0 spiro atoms. The topological polar surface area (TPSA) is 50.4 Å². The molecule has 4 nitrogen and oxygen atoms in total. The number of hydrogen-bond acceptors (Lipinski definition) is 3. The van der Waals surface area contributed by atoms with Gasteiger partial charge in [-0.15, -0.1) is 6.42 Å². The molecule has 1 rings (SSSR count). The summed E-state index contributed by atoms with van der Waals surface area (Å²) in [4.78, 5) is 11.2. The van der Waals surface area contributed by atoms with Crippen molar-refractivity contribution in [2.75, 3.05) is 20.2 Å². The Morgan fingerprint density at radius 2 is 2.28 bits per heavy atom. The molecule has 0 aliphatic carbocycles. The maximum Gasteiger partial charge on any atom is 0.258 e. The van der Waals surface area contributed by atoms with Crippen LogP contribution in [-0.2, 0) is 11.3 Å². The van der Waals surface area contributed by atoms with E-state index in [1.165, 1.54) is 12.1 Å². The highest BCUT2D eigenvalue weighted by Gasteiger charge is 2.04. The number of carbonyl (C=O) groups is 1. The zero-order chi connectivity index (χ0) is 13.4. The summed E-state index contributed by atoms with van der Waals surface area (Å²) in [5.74, 6) is 1.85. The fourth-order valence-electron chi connectivity index (χ4n) is 1.36. The van der Waals surface area contributed by atoms with Crippen LogP contribution in [0.4, 0.5) is 4.39 Å². The molecule has 1 amide bonds. The normalized spacial score (nSPS) is 9.61. The van der Waals surface area contributed by atoms with Crippen molar-refractivity contribution in [2.24, 2.45) is 0 Å². The van der Waals surface area contributed by atoms with Crippen LogP contribution in [0.25, 0.3) is 0 Å². The lowest BCUT2D eigenvalue weighted by Gasteiger charge is -2.08. The lowest BCUT2D eigenvalue weighted by molar-refractivity contribution is -0.122. The summed E-state index contributed by atoms with van der Waals surface area (Å²) in [6, 6.07) is 4.31. The molecule has 0 heterocycles. The molecular formula is C13H15FN2O2. The van der Waals surface area contributed by atoms with Crippen molar-refractivity contribution in [3.8, 4) is 18.1 Å². The number of rotatable bonds is 6. The third kappa shape index (κ3) is 4.85. The Balaban J connectivity index is 2.56. The Kier molecular flexibility index (Phi) is 5.68. The van der Waals surface area contributed by atoms with Gasteiger partial charge in [0.25, 0.3) is 5.91 Å². The van der Waals surface area contributed by atoms with Gasteiger partial charge in [0.2, 0.25) is 0 Å². The molecule has 0 atom stereocenters. The quantitative estimate of drug-likeness (QED) is 0.730. The maximum absolute atomic E-state index is 13.2. The summed E-state index contributed by atoms with van der Waals surface area (Å²) < 4.78 is 18.4. The molecule has 0 aliphatic heterocycles. The van der Waals surface area contributed by atoms with Gasteiger partial charge in [0.05, 0.1) is 6.54 Å². The zero-order valence-electron chi connectivity index (χ0n) is 10.1. The number of amides is 1. The molecule has 0 aliphatic rings. The van der Waals surface area contributed by atoms with Gasteiger partial charge in [0.1, 0.15) is 11.6 Å². The predicted octanol–water partition coefficient (Wildman–Crippen LogP) is 0.673. The van der Waals surface area contributed by atoms with E-state index >= 15 is 0 Å². The Morgan fingerprint density at radius 3 is 2.94 bits per heavy atom. The SMILES string of the molecule is C#CCNC(=O)COc1cc(F)cc(CNC)c1. The van der Waals surface area contributed by atoms with E-state index in [9.17, 15) is 9.18 Å². The van der Waals surface area contributed by atoms with Gasteiger partial charge in [0, 0.05) is 12.6 Å². The molecule has 0 radical (unpaired) electrons. The Bertz CT molecular complexity index is 455. The molecule has 96 valence electrons. The van der Waals surface area contributed by atoms with Crippen molar-refractivity contribution in [1.29, 1.82) is 0 Å². The van der Waals surface area contributed by atoms with Gasteiger partial charge in [-0.25, -0.2) is 4.39 Å². The number of benzene rings is 1. The molecule has 0 saturated heterocycles. The maximum atomic E-state index is 13.2. The minimum Gasteiger partial charge on any atom is -0.484 e. The molecular weight excluding hydrogens is 235 g/mol. The van der Waals surface area contributed by atoms with Crippen molar-refractivity contribution in [1.82, 2.24) is 10.6 Å². The Hall–Kier alpha value is -2.06. The molecule has 18 heavy (non-hydrogen) atoms. The van der Waals surface area contributed by atoms with Crippen LogP contribution in [0.3, 0.4) is 0 Å². The molecule has 0 saturated carbocycles. The molecule has 0 fully saturated rings. The first-order valence-corrected chi connectivity index (χ1v) is 5.42. The summed E-state index contributed by atoms with van der Waals surface area (Å²) in [5, 5.41) is 5.36. The number of nitrogens with one attached hydrogen (secondary N) is 2. The van der Waals surface area contributed by atoms with Gasteiger partial charge in [0.15, 0.2) is 6.61 Å². The van der Waals surface area contributed by atoms with Crippen LogP contribution in [0.1, 0.15) is 5.56 Å². The van der Waals surface area contributed by atoms with Gasteiger partial charge in [-0.3, -0.25) is 4.79 Å². The fraction of sp³-hybridized carbons (Fsp3) is 0.308. The largest absolute Gasteiger partial charge is 0.484 e. The highest BCUT2D eigenvalue weighted by Crippen LogP contribution is 2.16. The van der Waals surface area contributed by atoms with E-state index in [1.54, 1.807) is 13.1 Å². The summed E-state index contributed by atoms with van der Waals surface area (Å²) in [6.45, 7) is 0.484. The van der Waals surface area contributed by atoms with E-state index in [0.717, 1.165) is 5.56 Å². The number of hydrogen-bond donors (Lipinski definition) is 2. The average molecular weight is 250 g/mol. The smallest absolute Gasteiger partial charge is 0.258 e. The van der Waals surface area contributed by atoms with Crippen LogP contribution < -0.4 is 15.4 Å². The fourth-order valence-corrected chi connectivity index (χ4v) is 1.36. The average Bonchev–Trinajstić information content (AvgIpc) is 2.33. The van der Waals surface area contributed by atoms with Gasteiger partial charge in [-0.1, -0.05) is 5.92 Å². The highest BCUT2D eigenvalue weighted by atomic mass is 19.1.